The molecule has 2 aromatic rings. The minimum atomic E-state index is 0.398. The predicted molar refractivity (Wildman–Crippen MR) is 74.4 cm³/mol. The van der Waals surface area contributed by atoms with Crippen molar-refractivity contribution in [3.8, 4) is 0 Å². The van der Waals surface area contributed by atoms with Crippen molar-refractivity contribution in [2.75, 3.05) is 0 Å². The Morgan fingerprint density at radius 3 is 1.47 bits per heavy atom. The fraction of sp³-hybridized carbons (Fsp3) is 0.250. The van der Waals surface area contributed by atoms with Gasteiger partial charge in [-0.2, -0.15) is 0 Å². The summed E-state index contributed by atoms with van der Waals surface area (Å²) >= 11 is 1.61. The van der Waals surface area contributed by atoms with Crippen LogP contribution in [0.1, 0.15) is 18.1 Å². The zero-order valence-corrected chi connectivity index (χ0v) is 13.0. The van der Waals surface area contributed by atoms with E-state index in [1.807, 2.05) is 0 Å². The van der Waals surface area contributed by atoms with Gasteiger partial charge in [0.1, 0.15) is 0 Å². The molecule has 0 N–H and O–H groups in total. The quantitative estimate of drug-likeness (QED) is 0.749. The fourth-order valence-corrected chi connectivity index (χ4v) is 3.32. The molecule has 0 aliphatic carbocycles. The van der Waals surface area contributed by atoms with Gasteiger partial charge in [-0.15, -0.1) is 0 Å². The molecule has 0 bridgehead atoms. The molecule has 0 fully saturated rings. The van der Waals surface area contributed by atoms with E-state index in [4.69, 9.17) is 0 Å². The summed E-state index contributed by atoms with van der Waals surface area (Å²) in [7, 11) is 0. The second-order valence-electron chi connectivity index (χ2n) is 4.89. The van der Waals surface area contributed by atoms with Gasteiger partial charge in [0, 0.05) is 0 Å². The fourth-order valence-electron chi connectivity index (χ4n) is 2.16. The van der Waals surface area contributed by atoms with Crippen molar-refractivity contribution in [3.05, 3.63) is 71.8 Å². The van der Waals surface area contributed by atoms with Crippen LogP contribution in [0.4, 0.5) is 0 Å². The molecule has 1 heteroatoms. The average Bonchev–Trinajstić information content (AvgIpc) is 2.30. The van der Waals surface area contributed by atoms with Gasteiger partial charge >= 0.3 is 118 Å². The number of hydrogen-bond donors (Lipinski definition) is 0. The Hall–Kier alpha value is -0.761. The normalized spacial score (nSPS) is 11.4. The number of benzene rings is 2. The molecule has 2 aromatic carbocycles. The van der Waals surface area contributed by atoms with Gasteiger partial charge < -0.3 is 0 Å². The van der Waals surface area contributed by atoms with Crippen LogP contribution in [0.3, 0.4) is 0 Å². The van der Waals surface area contributed by atoms with Gasteiger partial charge in [-0.3, -0.25) is 0 Å². The van der Waals surface area contributed by atoms with E-state index in [1.165, 1.54) is 24.0 Å². The molecule has 0 spiro atoms. The van der Waals surface area contributed by atoms with E-state index < -0.39 is 0 Å². The number of hydrogen-bond acceptors (Lipinski definition) is 0. The van der Waals surface area contributed by atoms with Crippen LogP contribution in [0.25, 0.3) is 0 Å². The summed E-state index contributed by atoms with van der Waals surface area (Å²) in [6, 6.07) is 21.6. The minimum absolute atomic E-state index is 0.398. The van der Waals surface area contributed by atoms with E-state index >= 15 is 0 Å². The summed E-state index contributed by atoms with van der Waals surface area (Å²) < 4.78 is 0.398. The first-order valence-electron chi connectivity index (χ1n) is 5.99. The van der Waals surface area contributed by atoms with Crippen molar-refractivity contribution in [2.24, 2.45) is 0 Å². The molecule has 0 saturated heterocycles. The van der Waals surface area contributed by atoms with Crippen molar-refractivity contribution in [1.82, 2.24) is 0 Å². The van der Waals surface area contributed by atoms with Gasteiger partial charge in [0.25, 0.3) is 0 Å². The van der Waals surface area contributed by atoms with Gasteiger partial charge in [-0.05, 0) is 0 Å². The van der Waals surface area contributed by atoms with Gasteiger partial charge in [0.15, 0.2) is 0 Å². The molecule has 3 radical (unpaired) electrons. The van der Waals surface area contributed by atoms with E-state index in [9.17, 15) is 0 Å². The Kier molecular flexibility index (Phi) is 4.27. The van der Waals surface area contributed by atoms with E-state index in [-0.39, 0.29) is 0 Å². The van der Waals surface area contributed by atoms with Gasteiger partial charge in [0.2, 0.25) is 0 Å². The second kappa shape index (κ2) is 5.72. The van der Waals surface area contributed by atoms with Crippen LogP contribution in [0.5, 0.6) is 0 Å². The third-order valence-corrected chi connectivity index (χ3v) is 3.88. The average molecular weight is 328 g/mol. The molecule has 0 amide bonds. The third-order valence-electron chi connectivity index (χ3n) is 2.87. The van der Waals surface area contributed by atoms with Gasteiger partial charge in [-0.1, -0.05) is 0 Å². The first kappa shape index (κ1) is 12.7. The zero-order chi connectivity index (χ0) is 12.1. The molecule has 0 aliphatic heterocycles. The molecule has 0 saturated carbocycles. The zero-order valence-electron chi connectivity index (χ0n) is 10.2. The third kappa shape index (κ3) is 4.19. The standard InChI is InChI=1S/C16H17.Sn/c1-14(12-15-8-4-2-5-9-15)13-16-10-6-3-7-11-16;/h2-11H,12-13H2,1H3;. The summed E-state index contributed by atoms with van der Waals surface area (Å²) in [5.74, 6) is 0. The van der Waals surface area contributed by atoms with E-state index in [0.717, 1.165) is 0 Å². The van der Waals surface area contributed by atoms with Crippen molar-refractivity contribution in [1.29, 1.82) is 0 Å². The van der Waals surface area contributed by atoms with Crippen molar-refractivity contribution < 1.29 is 0 Å². The topological polar surface area (TPSA) is 0 Å². The summed E-state index contributed by atoms with van der Waals surface area (Å²) in [5, 5.41) is 0. The van der Waals surface area contributed by atoms with Crippen LogP contribution in [0.15, 0.2) is 60.7 Å². The molecular weight excluding hydrogens is 311 g/mol. The molecule has 0 aliphatic rings. The number of rotatable bonds is 4. The first-order chi connectivity index (χ1) is 8.16. The molecule has 0 heterocycles. The molecule has 0 unspecified atom stereocenters. The monoisotopic (exact) mass is 329 g/mol. The van der Waals surface area contributed by atoms with Gasteiger partial charge in [0.05, 0.1) is 0 Å². The molecule has 2 rings (SSSR count). The first-order valence-corrected chi connectivity index (χ1v) is 7.41. The summed E-state index contributed by atoms with van der Waals surface area (Å²) in [5.41, 5.74) is 2.89. The summed E-state index contributed by atoms with van der Waals surface area (Å²) in [6.07, 6.45) is 2.34. The van der Waals surface area contributed by atoms with Crippen LogP contribution < -0.4 is 0 Å². The van der Waals surface area contributed by atoms with Crippen molar-refractivity contribution in [2.45, 2.75) is 23.2 Å². The molecule has 17 heavy (non-hydrogen) atoms. The molecule has 85 valence electrons. The van der Waals surface area contributed by atoms with E-state index in [0.29, 0.717) is 3.43 Å². The van der Waals surface area contributed by atoms with Crippen molar-refractivity contribution >= 4 is 22.5 Å². The molecule has 0 nitrogen and oxygen atoms in total. The van der Waals surface area contributed by atoms with E-state index in [1.54, 1.807) is 22.5 Å². The van der Waals surface area contributed by atoms with E-state index in [2.05, 4.69) is 67.6 Å². The van der Waals surface area contributed by atoms with Gasteiger partial charge in [-0.25, -0.2) is 0 Å². The maximum absolute atomic E-state index is 2.38. The van der Waals surface area contributed by atoms with Crippen LogP contribution >= 0.6 is 0 Å². The van der Waals surface area contributed by atoms with Crippen LogP contribution in [0.2, 0.25) is 3.43 Å². The molecular formula is C16H17Sn. The Labute approximate surface area is 117 Å². The summed E-state index contributed by atoms with van der Waals surface area (Å²) in [4.78, 5) is 0. The Morgan fingerprint density at radius 1 is 0.765 bits per heavy atom. The van der Waals surface area contributed by atoms with Crippen LogP contribution in [0, 0.1) is 0 Å². The SMILES string of the molecule is C[C]([Sn])(Cc1ccccc1)Cc1ccccc1. The molecule has 0 aromatic heterocycles. The predicted octanol–water partition coefficient (Wildman–Crippen LogP) is 3.82. The molecule has 0 atom stereocenters. The summed E-state index contributed by atoms with van der Waals surface area (Å²) in [6.45, 7) is 2.38. The van der Waals surface area contributed by atoms with Crippen molar-refractivity contribution in [3.63, 3.8) is 0 Å². The second-order valence-corrected chi connectivity index (χ2v) is 8.33. The Balaban J connectivity index is 2.04. The Bertz CT molecular complexity index is 402. The Morgan fingerprint density at radius 2 is 1.12 bits per heavy atom. The maximum atomic E-state index is 2.38. The van der Waals surface area contributed by atoms with Crippen LogP contribution in [-0.2, 0) is 12.8 Å². The van der Waals surface area contributed by atoms with Crippen LogP contribution in [-0.4, -0.2) is 22.5 Å².